The monoisotopic (exact) mass is 270 g/mol. The summed E-state index contributed by atoms with van der Waals surface area (Å²) in [6.45, 7) is 0. The average molecular weight is 270 g/mol. The maximum Gasteiger partial charge on any atom is 0.0484 e. The fourth-order valence-electron chi connectivity index (χ4n) is 4.84. The van der Waals surface area contributed by atoms with Gasteiger partial charge in [-0.1, -0.05) is 18.9 Å². The molecule has 3 aliphatic rings. The molecule has 3 aliphatic carbocycles. The maximum atomic E-state index is 6.96. The van der Waals surface area contributed by atoms with Crippen molar-refractivity contribution in [3.63, 3.8) is 0 Å². The van der Waals surface area contributed by atoms with Gasteiger partial charge in [-0.05, 0) is 68.4 Å². The average Bonchev–Trinajstić information content (AvgIpc) is 3.31. The van der Waals surface area contributed by atoms with E-state index in [1.807, 2.05) is 6.20 Å². The molecule has 1 aromatic rings. The molecule has 2 nitrogen and oxygen atoms in total. The number of aryl methyl sites for hydroxylation is 1. The Morgan fingerprint density at radius 2 is 2.00 bits per heavy atom. The molecule has 0 bridgehead atoms. The summed E-state index contributed by atoms with van der Waals surface area (Å²) in [6, 6.07) is 4.34. The van der Waals surface area contributed by atoms with Gasteiger partial charge in [0.15, 0.2) is 0 Å². The SMILES string of the molecule is NC1(C2CCCc3cccnc32)CCCC(C2CC2)C1. The second-order valence-corrected chi connectivity index (χ2v) is 7.42. The summed E-state index contributed by atoms with van der Waals surface area (Å²) in [5, 5.41) is 0. The Hall–Kier alpha value is -0.890. The Morgan fingerprint density at radius 3 is 2.85 bits per heavy atom. The lowest BCUT2D eigenvalue weighted by Gasteiger charge is -2.45. The zero-order valence-electron chi connectivity index (χ0n) is 12.4. The number of pyridine rings is 1. The van der Waals surface area contributed by atoms with Crippen molar-refractivity contribution < 1.29 is 0 Å². The van der Waals surface area contributed by atoms with Gasteiger partial charge < -0.3 is 5.73 Å². The molecular formula is C18H26N2. The zero-order valence-corrected chi connectivity index (χ0v) is 12.4. The predicted octanol–water partition coefficient (Wildman–Crippen LogP) is 3.80. The lowest BCUT2D eigenvalue weighted by Crippen LogP contribution is -2.50. The highest BCUT2D eigenvalue weighted by atomic mass is 14.8. The first-order chi connectivity index (χ1) is 9.76. The van der Waals surface area contributed by atoms with Gasteiger partial charge in [-0.2, -0.15) is 0 Å². The van der Waals surface area contributed by atoms with Crippen LogP contribution in [0.5, 0.6) is 0 Å². The minimum absolute atomic E-state index is 0.0228. The third-order valence-corrected chi connectivity index (χ3v) is 6.04. The van der Waals surface area contributed by atoms with Gasteiger partial charge in [0.2, 0.25) is 0 Å². The summed E-state index contributed by atoms with van der Waals surface area (Å²) in [5.41, 5.74) is 9.78. The highest BCUT2D eigenvalue weighted by molar-refractivity contribution is 5.29. The van der Waals surface area contributed by atoms with Crippen LogP contribution in [0.2, 0.25) is 0 Å². The van der Waals surface area contributed by atoms with Crippen LogP contribution < -0.4 is 5.73 Å². The second kappa shape index (κ2) is 4.84. The summed E-state index contributed by atoms with van der Waals surface area (Å²) in [6.07, 6.45) is 13.8. The van der Waals surface area contributed by atoms with Crippen molar-refractivity contribution in [3.05, 3.63) is 29.6 Å². The zero-order chi connectivity index (χ0) is 13.6. The largest absolute Gasteiger partial charge is 0.324 e. The number of hydrogen-bond donors (Lipinski definition) is 1. The summed E-state index contributed by atoms with van der Waals surface area (Å²) >= 11 is 0. The van der Waals surface area contributed by atoms with Crippen LogP contribution in [0.1, 0.15) is 68.5 Å². The minimum Gasteiger partial charge on any atom is -0.324 e. The molecule has 4 rings (SSSR count). The fourth-order valence-corrected chi connectivity index (χ4v) is 4.84. The molecule has 2 heteroatoms. The van der Waals surface area contributed by atoms with Crippen molar-refractivity contribution in [2.45, 2.75) is 69.2 Å². The quantitative estimate of drug-likeness (QED) is 0.887. The third kappa shape index (κ3) is 2.18. The van der Waals surface area contributed by atoms with E-state index in [1.165, 1.54) is 69.0 Å². The van der Waals surface area contributed by atoms with Crippen LogP contribution in [-0.4, -0.2) is 10.5 Å². The number of fused-ring (bicyclic) bond motifs is 1. The van der Waals surface area contributed by atoms with E-state index < -0.39 is 0 Å². The molecule has 2 fully saturated rings. The van der Waals surface area contributed by atoms with Gasteiger partial charge in [-0.3, -0.25) is 4.98 Å². The Kier molecular flexibility index (Phi) is 3.10. The van der Waals surface area contributed by atoms with Crippen LogP contribution in [-0.2, 0) is 6.42 Å². The highest BCUT2D eigenvalue weighted by Gasteiger charge is 2.45. The van der Waals surface area contributed by atoms with Crippen molar-refractivity contribution >= 4 is 0 Å². The number of nitrogens with two attached hydrogens (primary N) is 1. The van der Waals surface area contributed by atoms with Crippen LogP contribution in [0.15, 0.2) is 18.3 Å². The minimum atomic E-state index is 0.0228. The molecule has 20 heavy (non-hydrogen) atoms. The number of rotatable bonds is 2. The van der Waals surface area contributed by atoms with Crippen molar-refractivity contribution in [1.29, 1.82) is 0 Å². The molecule has 0 spiro atoms. The van der Waals surface area contributed by atoms with E-state index in [-0.39, 0.29) is 5.54 Å². The summed E-state index contributed by atoms with van der Waals surface area (Å²) in [5.74, 6) is 2.42. The predicted molar refractivity (Wildman–Crippen MR) is 81.5 cm³/mol. The van der Waals surface area contributed by atoms with E-state index in [0.717, 1.165) is 11.8 Å². The van der Waals surface area contributed by atoms with Gasteiger partial charge in [0.05, 0.1) is 0 Å². The Labute approximate surface area is 122 Å². The Balaban J connectivity index is 1.62. The van der Waals surface area contributed by atoms with E-state index in [2.05, 4.69) is 12.1 Å². The van der Waals surface area contributed by atoms with Crippen molar-refractivity contribution in [1.82, 2.24) is 4.98 Å². The number of nitrogens with zero attached hydrogens (tertiary/aromatic N) is 1. The van der Waals surface area contributed by atoms with E-state index >= 15 is 0 Å². The first-order valence-corrected chi connectivity index (χ1v) is 8.49. The Morgan fingerprint density at radius 1 is 1.10 bits per heavy atom. The number of hydrogen-bond acceptors (Lipinski definition) is 2. The van der Waals surface area contributed by atoms with Gasteiger partial charge in [0.25, 0.3) is 0 Å². The van der Waals surface area contributed by atoms with Gasteiger partial charge in [0, 0.05) is 23.3 Å². The van der Waals surface area contributed by atoms with E-state index in [4.69, 9.17) is 10.7 Å². The molecule has 1 heterocycles. The van der Waals surface area contributed by atoms with Crippen molar-refractivity contribution in [3.8, 4) is 0 Å². The molecule has 0 radical (unpaired) electrons. The van der Waals surface area contributed by atoms with Gasteiger partial charge in [-0.25, -0.2) is 0 Å². The molecule has 0 aromatic carbocycles. The molecule has 0 saturated heterocycles. The maximum absolute atomic E-state index is 6.96. The summed E-state index contributed by atoms with van der Waals surface area (Å²) < 4.78 is 0. The van der Waals surface area contributed by atoms with Crippen LogP contribution in [0, 0.1) is 11.8 Å². The standard InChI is InChI=1S/C18H26N2/c19-18(10-2-5-15(12-18)13-8-9-13)16-7-1-4-14-6-3-11-20-17(14)16/h3,6,11,13,15-16H,1-2,4-5,7-10,12,19H2. The van der Waals surface area contributed by atoms with Gasteiger partial charge in [0.1, 0.15) is 0 Å². The smallest absolute Gasteiger partial charge is 0.0484 e. The van der Waals surface area contributed by atoms with Crippen LogP contribution >= 0.6 is 0 Å². The summed E-state index contributed by atoms with van der Waals surface area (Å²) in [7, 11) is 0. The molecule has 3 unspecified atom stereocenters. The Bertz CT molecular complexity index is 494. The van der Waals surface area contributed by atoms with Crippen molar-refractivity contribution in [2.24, 2.45) is 17.6 Å². The van der Waals surface area contributed by atoms with Crippen LogP contribution in [0.4, 0.5) is 0 Å². The van der Waals surface area contributed by atoms with Crippen LogP contribution in [0.25, 0.3) is 0 Å². The van der Waals surface area contributed by atoms with Gasteiger partial charge >= 0.3 is 0 Å². The van der Waals surface area contributed by atoms with Gasteiger partial charge in [-0.15, -0.1) is 0 Å². The van der Waals surface area contributed by atoms with E-state index in [0.29, 0.717) is 5.92 Å². The lowest BCUT2D eigenvalue weighted by atomic mass is 9.64. The molecule has 0 aliphatic heterocycles. The third-order valence-electron chi connectivity index (χ3n) is 6.04. The highest BCUT2D eigenvalue weighted by Crippen LogP contribution is 2.51. The topological polar surface area (TPSA) is 38.9 Å². The summed E-state index contributed by atoms with van der Waals surface area (Å²) in [4.78, 5) is 4.73. The lowest BCUT2D eigenvalue weighted by molar-refractivity contribution is 0.163. The van der Waals surface area contributed by atoms with Crippen molar-refractivity contribution in [2.75, 3.05) is 0 Å². The van der Waals surface area contributed by atoms with E-state index in [9.17, 15) is 0 Å². The molecule has 2 saturated carbocycles. The number of aromatic nitrogens is 1. The first-order valence-electron chi connectivity index (χ1n) is 8.49. The first kappa shape index (κ1) is 12.8. The molecule has 108 valence electrons. The molecule has 0 amide bonds. The fraction of sp³-hybridized carbons (Fsp3) is 0.722. The molecule has 2 N–H and O–H groups in total. The van der Waals surface area contributed by atoms with E-state index in [1.54, 1.807) is 0 Å². The normalized spacial score (nSPS) is 37.5. The second-order valence-electron chi connectivity index (χ2n) is 7.42. The molecule has 3 atom stereocenters. The molecular weight excluding hydrogens is 244 g/mol. The molecule has 1 aromatic heterocycles. The van der Waals surface area contributed by atoms with Crippen LogP contribution in [0.3, 0.4) is 0 Å².